The van der Waals surface area contributed by atoms with Crippen LogP contribution < -0.4 is 5.32 Å². The standard InChI is InChI=1S/C16H15N3O2/c20-10-13-6-7-17-9-15(13)18-8-14-11-21-16(19-14)12-4-2-1-3-5-12/h1-7,9,11,18,20H,8,10H2. The van der Waals surface area contributed by atoms with Crippen molar-refractivity contribution in [3.05, 3.63) is 66.3 Å². The third-order valence-electron chi connectivity index (χ3n) is 3.11. The summed E-state index contributed by atoms with van der Waals surface area (Å²) < 4.78 is 5.48. The van der Waals surface area contributed by atoms with Gasteiger partial charge in [-0.15, -0.1) is 0 Å². The first-order chi connectivity index (χ1) is 10.4. The van der Waals surface area contributed by atoms with Gasteiger partial charge in [-0.25, -0.2) is 4.98 Å². The summed E-state index contributed by atoms with van der Waals surface area (Å²) in [6.07, 6.45) is 4.97. The molecule has 0 saturated heterocycles. The van der Waals surface area contributed by atoms with E-state index < -0.39 is 0 Å². The summed E-state index contributed by atoms with van der Waals surface area (Å²) >= 11 is 0. The number of rotatable bonds is 5. The zero-order valence-electron chi connectivity index (χ0n) is 11.4. The lowest BCUT2D eigenvalue weighted by molar-refractivity contribution is 0.282. The molecule has 0 spiro atoms. The smallest absolute Gasteiger partial charge is 0.226 e. The van der Waals surface area contributed by atoms with Gasteiger partial charge in [0.1, 0.15) is 6.26 Å². The molecule has 0 saturated carbocycles. The fourth-order valence-corrected chi connectivity index (χ4v) is 2.01. The van der Waals surface area contributed by atoms with E-state index >= 15 is 0 Å². The van der Waals surface area contributed by atoms with E-state index in [1.807, 2.05) is 30.3 Å². The van der Waals surface area contributed by atoms with E-state index in [1.54, 1.807) is 24.7 Å². The van der Waals surface area contributed by atoms with Crippen LogP contribution in [0.3, 0.4) is 0 Å². The fourth-order valence-electron chi connectivity index (χ4n) is 2.01. The summed E-state index contributed by atoms with van der Waals surface area (Å²) in [7, 11) is 0. The van der Waals surface area contributed by atoms with Gasteiger partial charge in [-0.2, -0.15) is 0 Å². The molecular weight excluding hydrogens is 266 g/mol. The van der Waals surface area contributed by atoms with Gasteiger partial charge in [-0.3, -0.25) is 4.98 Å². The van der Waals surface area contributed by atoms with E-state index in [9.17, 15) is 5.11 Å². The van der Waals surface area contributed by atoms with Crippen molar-refractivity contribution in [1.29, 1.82) is 0 Å². The van der Waals surface area contributed by atoms with Gasteiger partial charge in [-0.05, 0) is 18.2 Å². The van der Waals surface area contributed by atoms with Crippen LogP contribution in [0.5, 0.6) is 0 Å². The lowest BCUT2D eigenvalue weighted by atomic mass is 10.2. The Labute approximate surface area is 122 Å². The number of nitrogens with one attached hydrogen (secondary N) is 1. The first-order valence-corrected chi connectivity index (χ1v) is 6.64. The Morgan fingerprint density at radius 1 is 1.14 bits per heavy atom. The molecule has 0 aliphatic heterocycles. The van der Waals surface area contributed by atoms with Crippen LogP contribution in [0.15, 0.2) is 59.5 Å². The van der Waals surface area contributed by atoms with E-state index in [2.05, 4.69) is 15.3 Å². The summed E-state index contributed by atoms with van der Waals surface area (Å²) in [5, 5.41) is 12.5. The predicted molar refractivity (Wildman–Crippen MR) is 79.4 cm³/mol. The highest BCUT2D eigenvalue weighted by Crippen LogP contribution is 2.19. The molecule has 0 radical (unpaired) electrons. The van der Waals surface area contributed by atoms with E-state index in [4.69, 9.17) is 4.42 Å². The summed E-state index contributed by atoms with van der Waals surface area (Å²) in [5.41, 5.74) is 3.34. The van der Waals surface area contributed by atoms with Gasteiger partial charge in [0, 0.05) is 17.3 Å². The minimum absolute atomic E-state index is 0.0288. The van der Waals surface area contributed by atoms with Crippen LogP contribution in [-0.4, -0.2) is 15.1 Å². The number of hydrogen-bond acceptors (Lipinski definition) is 5. The molecule has 0 atom stereocenters. The highest BCUT2D eigenvalue weighted by molar-refractivity contribution is 5.53. The number of anilines is 1. The van der Waals surface area contributed by atoms with Crippen molar-refractivity contribution in [3.8, 4) is 11.5 Å². The molecule has 2 N–H and O–H groups in total. The van der Waals surface area contributed by atoms with E-state index in [-0.39, 0.29) is 6.61 Å². The maximum Gasteiger partial charge on any atom is 0.226 e. The van der Waals surface area contributed by atoms with Crippen LogP contribution in [0.2, 0.25) is 0 Å². The SMILES string of the molecule is OCc1ccncc1NCc1coc(-c2ccccc2)n1. The summed E-state index contributed by atoms with van der Waals surface area (Å²) in [6.45, 7) is 0.480. The molecule has 106 valence electrons. The highest BCUT2D eigenvalue weighted by atomic mass is 16.3. The maximum atomic E-state index is 9.27. The number of hydrogen-bond donors (Lipinski definition) is 2. The van der Waals surface area contributed by atoms with Crippen molar-refractivity contribution in [2.75, 3.05) is 5.32 Å². The van der Waals surface area contributed by atoms with E-state index in [0.717, 1.165) is 22.5 Å². The average Bonchev–Trinajstić information content (AvgIpc) is 3.03. The third kappa shape index (κ3) is 3.09. The predicted octanol–water partition coefficient (Wildman–Crippen LogP) is 2.84. The molecule has 0 bridgehead atoms. The van der Waals surface area contributed by atoms with E-state index in [1.165, 1.54) is 0 Å². The van der Waals surface area contributed by atoms with Gasteiger partial charge in [0.2, 0.25) is 5.89 Å². The van der Waals surface area contributed by atoms with Crippen molar-refractivity contribution in [2.45, 2.75) is 13.2 Å². The van der Waals surface area contributed by atoms with Gasteiger partial charge in [0.15, 0.2) is 0 Å². The molecule has 3 rings (SSSR count). The second-order valence-electron chi connectivity index (χ2n) is 4.55. The summed E-state index contributed by atoms with van der Waals surface area (Å²) in [6, 6.07) is 11.5. The Morgan fingerprint density at radius 3 is 2.81 bits per heavy atom. The monoisotopic (exact) mass is 281 g/mol. The molecule has 21 heavy (non-hydrogen) atoms. The number of nitrogens with zero attached hydrogens (tertiary/aromatic N) is 2. The molecular formula is C16H15N3O2. The fraction of sp³-hybridized carbons (Fsp3) is 0.125. The summed E-state index contributed by atoms with van der Waals surface area (Å²) in [5.74, 6) is 0.598. The molecule has 2 aromatic heterocycles. The molecule has 0 unspecified atom stereocenters. The third-order valence-corrected chi connectivity index (χ3v) is 3.11. The summed E-state index contributed by atoms with van der Waals surface area (Å²) in [4.78, 5) is 8.48. The molecule has 0 aliphatic carbocycles. The van der Waals surface area contributed by atoms with Crippen LogP contribution in [-0.2, 0) is 13.2 Å². The van der Waals surface area contributed by atoms with Crippen molar-refractivity contribution in [1.82, 2.24) is 9.97 Å². The van der Waals surface area contributed by atoms with Crippen LogP contribution in [0.4, 0.5) is 5.69 Å². The van der Waals surface area contributed by atoms with Crippen molar-refractivity contribution < 1.29 is 9.52 Å². The number of aromatic nitrogens is 2. The lowest BCUT2D eigenvalue weighted by Crippen LogP contribution is -2.03. The van der Waals surface area contributed by atoms with Gasteiger partial charge in [0.05, 0.1) is 30.7 Å². The molecule has 5 heteroatoms. The lowest BCUT2D eigenvalue weighted by Gasteiger charge is -2.07. The largest absolute Gasteiger partial charge is 0.444 e. The van der Waals surface area contributed by atoms with Crippen LogP contribution in [0.25, 0.3) is 11.5 Å². The Hall–Kier alpha value is -2.66. The topological polar surface area (TPSA) is 71.2 Å². The quantitative estimate of drug-likeness (QED) is 0.752. The van der Waals surface area contributed by atoms with Gasteiger partial charge in [-0.1, -0.05) is 18.2 Å². The van der Waals surface area contributed by atoms with Crippen LogP contribution in [0, 0.1) is 0 Å². The highest BCUT2D eigenvalue weighted by Gasteiger charge is 2.07. The minimum Gasteiger partial charge on any atom is -0.444 e. The molecule has 5 nitrogen and oxygen atoms in total. The molecule has 0 fully saturated rings. The average molecular weight is 281 g/mol. The molecule has 1 aromatic carbocycles. The number of aliphatic hydroxyl groups excluding tert-OH is 1. The molecule has 0 amide bonds. The van der Waals surface area contributed by atoms with Crippen molar-refractivity contribution in [2.24, 2.45) is 0 Å². The van der Waals surface area contributed by atoms with Gasteiger partial charge < -0.3 is 14.8 Å². The van der Waals surface area contributed by atoms with Gasteiger partial charge in [0.25, 0.3) is 0 Å². The number of aliphatic hydroxyl groups is 1. The number of benzene rings is 1. The second-order valence-corrected chi connectivity index (χ2v) is 4.55. The first kappa shape index (κ1) is 13.3. The Balaban J connectivity index is 1.71. The van der Waals surface area contributed by atoms with Crippen LogP contribution >= 0.6 is 0 Å². The normalized spacial score (nSPS) is 10.5. The zero-order chi connectivity index (χ0) is 14.5. The molecule has 0 aliphatic rings. The Bertz CT molecular complexity index is 710. The number of pyridine rings is 1. The first-order valence-electron chi connectivity index (χ1n) is 6.64. The number of oxazole rings is 1. The van der Waals surface area contributed by atoms with Crippen molar-refractivity contribution >= 4 is 5.69 Å². The van der Waals surface area contributed by atoms with Gasteiger partial charge >= 0.3 is 0 Å². The minimum atomic E-state index is -0.0288. The zero-order valence-corrected chi connectivity index (χ0v) is 11.4. The second kappa shape index (κ2) is 6.19. The maximum absolute atomic E-state index is 9.27. The molecule has 3 aromatic rings. The Kier molecular flexibility index (Phi) is 3.93. The van der Waals surface area contributed by atoms with E-state index in [0.29, 0.717) is 12.4 Å². The van der Waals surface area contributed by atoms with Crippen molar-refractivity contribution in [3.63, 3.8) is 0 Å². The van der Waals surface area contributed by atoms with Crippen LogP contribution in [0.1, 0.15) is 11.3 Å². The molecule has 2 heterocycles. The Morgan fingerprint density at radius 2 is 2.00 bits per heavy atom.